The number of carbonyl (C=O) groups excluding carboxylic acids is 1. The van der Waals surface area contributed by atoms with Gasteiger partial charge < -0.3 is 5.32 Å². The number of benzene rings is 1. The van der Waals surface area contributed by atoms with Crippen molar-refractivity contribution < 1.29 is 4.79 Å². The molecular weight excluding hydrogens is 294 g/mol. The van der Waals surface area contributed by atoms with Crippen LogP contribution in [0.3, 0.4) is 0 Å². The molecule has 0 spiro atoms. The molecule has 0 radical (unpaired) electrons. The van der Waals surface area contributed by atoms with Gasteiger partial charge in [0.1, 0.15) is 0 Å². The molecule has 0 atom stereocenters. The van der Waals surface area contributed by atoms with Crippen molar-refractivity contribution in [3.8, 4) is 0 Å². The minimum absolute atomic E-state index is 0.221. The van der Waals surface area contributed by atoms with Gasteiger partial charge in [0.25, 0.3) is 5.91 Å². The molecule has 2 rings (SSSR count). The van der Waals surface area contributed by atoms with E-state index in [0.29, 0.717) is 21.6 Å². The Balaban J connectivity index is 2.21. The number of nitrogens with zero attached hydrogens (tertiary/aromatic N) is 1. The predicted octanol–water partition coefficient (Wildman–Crippen LogP) is 4.21. The molecule has 0 bridgehead atoms. The van der Waals surface area contributed by atoms with Crippen molar-refractivity contribution >= 4 is 39.7 Å². The molecule has 1 heterocycles. The smallest absolute Gasteiger partial charge is 0.259 e. The van der Waals surface area contributed by atoms with Gasteiger partial charge in [-0.2, -0.15) is 0 Å². The third kappa shape index (κ3) is 3.29. The number of hydrogen-bond acceptors (Lipinski definition) is 4. The number of aromatic nitrogens is 1. The normalized spacial score (nSPS) is 10.7. The Morgan fingerprint density at radius 3 is 2.75 bits per heavy atom. The monoisotopic (exact) mass is 309 g/mol. The summed E-state index contributed by atoms with van der Waals surface area (Å²) in [5.74, 6) is 0.123. The molecule has 4 nitrogen and oxygen atoms in total. The molecular formula is C14H16ClN3OS. The maximum atomic E-state index is 12.3. The van der Waals surface area contributed by atoms with E-state index in [1.807, 2.05) is 5.38 Å². The van der Waals surface area contributed by atoms with Gasteiger partial charge in [0.2, 0.25) is 0 Å². The second-order valence-corrected chi connectivity index (χ2v) is 5.92. The molecule has 6 heteroatoms. The number of carbonyl (C=O) groups is 1. The van der Waals surface area contributed by atoms with Gasteiger partial charge in [0.15, 0.2) is 5.13 Å². The molecule has 1 aromatic heterocycles. The Bertz CT molecular complexity index is 625. The van der Waals surface area contributed by atoms with Crippen LogP contribution in [0, 0.1) is 0 Å². The summed E-state index contributed by atoms with van der Waals surface area (Å²) in [5, 5.41) is 8.86. The molecule has 20 heavy (non-hydrogen) atoms. The van der Waals surface area contributed by atoms with Crippen molar-refractivity contribution in [2.75, 3.05) is 17.7 Å². The highest BCUT2D eigenvalue weighted by atomic mass is 35.5. The zero-order chi connectivity index (χ0) is 14.7. The summed E-state index contributed by atoms with van der Waals surface area (Å²) in [6, 6.07) is 5.16. The number of nitrogens with one attached hydrogen (secondary N) is 2. The van der Waals surface area contributed by atoms with Gasteiger partial charge in [-0.05, 0) is 24.1 Å². The molecule has 1 amide bonds. The van der Waals surface area contributed by atoms with Crippen LogP contribution in [0.15, 0.2) is 23.6 Å². The van der Waals surface area contributed by atoms with Crippen molar-refractivity contribution in [3.05, 3.63) is 39.9 Å². The Kier molecular flexibility index (Phi) is 4.62. The van der Waals surface area contributed by atoms with E-state index in [-0.39, 0.29) is 5.91 Å². The van der Waals surface area contributed by atoms with Crippen LogP contribution in [0.25, 0.3) is 0 Å². The fourth-order valence-corrected chi connectivity index (χ4v) is 2.73. The Morgan fingerprint density at radius 2 is 2.15 bits per heavy atom. The maximum Gasteiger partial charge on any atom is 0.259 e. The van der Waals surface area contributed by atoms with Gasteiger partial charge >= 0.3 is 0 Å². The third-order valence-electron chi connectivity index (χ3n) is 2.83. The van der Waals surface area contributed by atoms with E-state index in [2.05, 4.69) is 29.5 Å². The minimum atomic E-state index is -0.221. The number of rotatable bonds is 4. The van der Waals surface area contributed by atoms with E-state index in [1.165, 1.54) is 11.3 Å². The van der Waals surface area contributed by atoms with Crippen LogP contribution in [0.5, 0.6) is 0 Å². The van der Waals surface area contributed by atoms with E-state index in [9.17, 15) is 4.79 Å². The fraction of sp³-hybridized carbons (Fsp3) is 0.286. The highest BCUT2D eigenvalue weighted by Gasteiger charge is 2.14. The first-order valence-corrected chi connectivity index (χ1v) is 7.51. The molecule has 2 aromatic rings. The lowest BCUT2D eigenvalue weighted by molar-refractivity contribution is 0.102. The number of halogens is 1. The quantitative estimate of drug-likeness (QED) is 0.889. The van der Waals surface area contributed by atoms with E-state index >= 15 is 0 Å². The summed E-state index contributed by atoms with van der Waals surface area (Å²) in [4.78, 5) is 16.7. The molecule has 0 fully saturated rings. The highest BCUT2D eigenvalue weighted by Crippen LogP contribution is 2.24. The van der Waals surface area contributed by atoms with Crippen LogP contribution in [0.4, 0.5) is 10.8 Å². The SMILES string of the molecule is CNc1ccc(Cl)cc1C(=O)Nc1nc(C(C)C)cs1. The maximum absolute atomic E-state index is 12.3. The fourth-order valence-electron chi connectivity index (χ4n) is 1.70. The molecule has 1 aromatic carbocycles. The van der Waals surface area contributed by atoms with Crippen molar-refractivity contribution in [1.29, 1.82) is 0 Å². The molecule has 0 unspecified atom stereocenters. The molecule has 2 N–H and O–H groups in total. The summed E-state index contributed by atoms with van der Waals surface area (Å²) in [7, 11) is 1.76. The second-order valence-electron chi connectivity index (χ2n) is 4.63. The highest BCUT2D eigenvalue weighted by molar-refractivity contribution is 7.14. The number of thiazole rings is 1. The summed E-state index contributed by atoms with van der Waals surface area (Å²) in [6.07, 6.45) is 0. The number of amides is 1. The van der Waals surface area contributed by atoms with Crippen LogP contribution < -0.4 is 10.6 Å². The minimum Gasteiger partial charge on any atom is -0.387 e. The summed E-state index contributed by atoms with van der Waals surface area (Å²) < 4.78 is 0. The van der Waals surface area contributed by atoms with Gasteiger partial charge in [-0.15, -0.1) is 11.3 Å². The average Bonchev–Trinajstić information content (AvgIpc) is 2.87. The van der Waals surface area contributed by atoms with E-state index in [0.717, 1.165) is 11.4 Å². The molecule has 0 aliphatic rings. The van der Waals surface area contributed by atoms with Gasteiger partial charge in [-0.25, -0.2) is 4.98 Å². The first-order chi connectivity index (χ1) is 9.51. The molecule has 0 saturated carbocycles. The Hall–Kier alpha value is -1.59. The van der Waals surface area contributed by atoms with Gasteiger partial charge in [-0.1, -0.05) is 25.4 Å². The molecule has 0 saturated heterocycles. The summed E-state index contributed by atoms with van der Waals surface area (Å²) >= 11 is 7.37. The number of hydrogen-bond donors (Lipinski definition) is 2. The van der Waals surface area contributed by atoms with E-state index < -0.39 is 0 Å². The zero-order valence-electron chi connectivity index (χ0n) is 11.5. The van der Waals surface area contributed by atoms with Crippen LogP contribution in [0.2, 0.25) is 5.02 Å². The average molecular weight is 310 g/mol. The van der Waals surface area contributed by atoms with Crippen molar-refractivity contribution in [2.24, 2.45) is 0 Å². The van der Waals surface area contributed by atoms with E-state index in [1.54, 1.807) is 25.2 Å². The van der Waals surface area contributed by atoms with Crippen LogP contribution in [-0.2, 0) is 0 Å². The first kappa shape index (κ1) is 14.8. The lowest BCUT2D eigenvalue weighted by atomic mass is 10.1. The second kappa shape index (κ2) is 6.24. The first-order valence-electron chi connectivity index (χ1n) is 6.25. The molecule has 0 aliphatic carbocycles. The topological polar surface area (TPSA) is 54.0 Å². The van der Waals surface area contributed by atoms with Crippen LogP contribution >= 0.6 is 22.9 Å². The van der Waals surface area contributed by atoms with E-state index in [4.69, 9.17) is 11.6 Å². The van der Waals surface area contributed by atoms with Crippen molar-refractivity contribution in [1.82, 2.24) is 4.98 Å². The number of anilines is 2. The van der Waals surface area contributed by atoms with Crippen LogP contribution in [-0.4, -0.2) is 17.9 Å². The lowest BCUT2D eigenvalue weighted by Crippen LogP contribution is -2.14. The van der Waals surface area contributed by atoms with Crippen molar-refractivity contribution in [2.45, 2.75) is 19.8 Å². The van der Waals surface area contributed by atoms with Gasteiger partial charge in [0.05, 0.1) is 11.3 Å². The van der Waals surface area contributed by atoms with Gasteiger partial charge in [-0.3, -0.25) is 10.1 Å². The Labute approximate surface area is 127 Å². The Morgan fingerprint density at radius 1 is 1.40 bits per heavy atom. The van der Waals surface area contributed by atoms with Crippen molar-refractivity contribution in [3.63, 3.8) is 0 Å². The standard InChI is InChI=1S/C14H16ClN3OS/c1-8(2)12-7-20-14(17-12)18-13(19)10-6-9(15)4-5-11(10)16-3/h4-8,16H,1-3H3,(H,17,18,19). The van der Waals surface area contributed by atoms with Crippen LogP contribution in [0.1, 0.15) is 35.8 Å². The lowest BCUT2D eigenvalue weighted by Gasteiger charge is -2.08. The zero-order valence-corrected chi connectivity index (χ0v) is 13.1. The van der Waals surface area contributed by atoms with Gasteiger partial charge in [0, 0.05) is 23.1 Å². The molecule has 106 valence electrons. The largest absolute Gasteiger partial charge is 0.387 e. The summed E-state index contributed by atoms with van der Waals surface area (Å²) in [6.45, 7) is 4.13. The molecule has 0 aliphatic heterocycles. The third-order valence-corrected chi connectivity index (χ3v) is 3.84. The summed E-state index contributed by atoms with van der Waals surface area (Å²) in [5.41, 5.74) is 2.21. The predicted molar refractivity (Wildman–Crippen MR) is 85.2 cm³/mol.